The molecule has 5 nitrogen and oxygen atoms in total. The zero-order valence-corrected chi connectivity index (χ0v) is 15.5. The summed E-state index contributed by atoms with van der Waals surface area (Å²) in [6, 6.07) is 16.4. The van der Waals surface area contributed by atoms with Crippen molar-refractivity contribution < 1.29 is 8.81 Å². The van der Waals surface area contributed by atoms with Crippen LogP contribution in [-0.2, 0) is 12.3 Å². The fourth-order valence-corrected chi connectivity index (χ4v) is 3.50. The number of benzene rings is 2. The molecule has 0 radical (unpaired) electrons. The van der Waals surface area contributed by atoms with Gasteiger partial charge in [0.2, 0.25) is 5.89 Å². The summed E-state index contributed by atoms with van der Waals surface area (Å²) in [5, 5.41) is 9.28. The van der Waals surface area contributed by atoms with Crippen LogP contribution in [-0.4, -0.2) is 19.7 Å². The van der Waals surface area contributed by atoms with Crippen LogP contribution in [0, 0.1) is 12.7 Å². The first kappa shape index (κ1) is 17.5. The molecule has 0 bridgehead atoms. The SMILES string of the molecule is Cc1nnc(SCc2ncc(-c3ccc(F)cc3)o2)n1Cc1ccccc1. The van der Waals surface area contributed by atoms with E-state index >= 15 is 0 Å². The van der Waals surface area contributed by atoms with Crippen molar-refractivity contribution in [1.29, 1.82) is 0 Å². The smallest absolute Gasteiger partial charge is 0.205 e. The summed E-state index contributed by atoms with van der Waals surface area (Å²) in [6.45, 7) is 2.66. The summed E-state index contributed by atoms with van der Waals surface area (Å²) in [5.41, 5.74) is 1.99. The van der Waals surface area contributed by atoms with Gasteiger partial charge in [-0.25, -0.2) is 9.37 Å². The highest BCUT2D eigenvalue weighted by Gasteiger charge is 2.13. The van der Waals surface area contributed by atoms with E-state index in [0.717, 1.165) is 16.5 Å². The standard InChI is InChI=1S/C20H17FN4OS/c1-14-23-24-20(25(14)12-15-5-3-2-4-6-15)27-13-19-22-11-18(26-19)16-7-9-17(21)10-8-16/h2-11H,12-13H2,1H3. The molecule has 0 aliphatic rings. The van der Waals surface area contributed by atoms with Gasteiger partial charge in [0.25, 0.3) is 0 Å². The molecule has 0 spiro atoms. The minimum atomic E-state index is -0.276. The van der Waals surface area contributed by atoms with Gasteiger partial charge < -0.3 is 8.98 Å². The van der Waals surface area contributed by atoms with Crippen LogP contribution in [0.2, 0.25) is 0 Å². The Bertz CT molecular complexity index is 1030. The summed E-state index contributed by atoms with van der Waals surface area (Å²) in [4.78, 5) is 4.31. The molecule has 2 aromatic heterocycles. The van der Waals surface area contributed by atoms with Gasteiger partial charge in [-0.15, -0.1) is 10.2 Å². The van der Waals surface area contributed by atoms with Crippen LogP contribution in [0.4, 0.5) is 4.39 Å². The van der Waals surface area contributed by atoms with Gasteiger partial charge in [-0.2, -0.15) is 0 Å². The molecule has 0 saturated heterocycles. The van der Waals surface area contributed by atoms with Crippen LogP contribution in [0.25, 0.3) is 11.3 Å². The first-order valence-corrected chi connectivity index (χ1v) is 9.45. The molecular formula is C20H17FN4OS. The van der Waals surface area contributed by atoms with Crippen molar-refractivity contribution in [2.75, 3.05) is 0 Å². The van der Waals surface area contributed by atoms with E-state index in [1.54, 1.807) is 18.3 Å². The Kier molecular flexibility index (Phi) is 5.02. The predicted molar refractivity (Wildman–Crippen MR) is 102 cm³/mol. The average molecular weight is 380 g/mol. The fourth-order valence-electron chi connectivity index (χ4n) is 2.67. The van der Waals surface area contributed by atoms with Crippen LogP contribution < -0.4 is 0 Å². The van der Waals surface area contributed by atoms with E-state index < -0.39 is 0 Å². The van der Waals surface area contributed by atoms with Crippen LogP contribution in [0.1, 0.15) is 17.3 Å². The number of aryl methyl sites for hydroxylation is 1. The van der Waals surface area contributed by atoms with E-state index in [4.69, 9.17) is 4.42 Å². The second-order valence-electron chi connectivity index (χ2n) is 6.02. The van der Waals surface area contributed by atoms with Crippen molar-refractivity contribution in [1.82, 2.24) is 19.7 Å². The summed E-state index contributed by atoms with van der Waals surface area (Å²) >= 11 is 1.52. The van der Waals surface area contributed by atoms with Crippen molar-refractivity contribution >= 4 is 11.8 Å². The number of thioether (sulfide) groups is 1. The highest BCUT2D eigenvalue weighted by Crippen LogP contribution is 2.26. The zero-order valence-electron chi connectivity index (χ0n) is 14.7. The monoisotopic (exact) mass is 380 g/mol. The summed E-state index contributed by atoms with van der Waals surface area (Å²) in [7, 11) is 0. The molecule has 2 heterocycles. The molecule has 0 atom stereocenters. The van der Waals surface area contributed by atoms with Crippen LogP contribution in [0.15, 0.2) is 70.4 Å². The van der Waals surface area contributed by atoms with E-state index in [-0.39, 0.29) is 5.82 Å². The first-order chi connectivity index (χ1) is 13.2. The third-order valence-electron chi connectivity index (χ3n) is 4.09. The molecule has 4 aromatic rings. The first-order valence-electron chi connectivity index (χ1n) is 8.46. The Balaban J connectivity index is 1.46. The van der Waals surface area contributed by atoms with Gasteiger partial charge in [0, 0.05) is 5.56 Å². The molecule has 0 amide bonds. The lowest BCUT2D eigenvalue weighted by Crippen LogP contribution is -2.03. The molecular weight excluding hydrogens is 363 g/mol. The summed E-state index contributed by atoms with van der Waals surface area (Å²) in [6.07, 6.45) is 1.66. The molecule has 0 fully saturated rings. The number of rotatable bonds is 6. The maximum atomic E-state index is 13.0. The average Bonchev–Trinajstić information content (AvgIpc) is 3.29. The van der Waals surface area contributed by atoms with Crippen molar-refractivity contribution in [2.24, 2.45) is 0 Å². The van der Waals surface area contributed by atoms with Crippen LogP contribution >= 0.6 is 11.8 Å². The molecule has 0 unspecified atom stereocenters. The van der Waals surface area contributed by atoms with Gasteiger partial charge in [0.15, 0.2) is 10.9 Å². The number of hydrogen-bond acceptors (Lipinski definition) is 5. The predicted octanol–water partition coefficient (Wildman–Crippen LogP) is 4.72. The molecule has 136 valence electrons. The lowest BCUT2D eigenvalue weighted by Gasteiger charge is -2.07. The number of aromatic nitrogens is 4. The van der Waals surface area contributed by atoms with Crippen molar-refractivity contribution in [3.05, 3.63) is 83.9 Å². The Morgan fingerprint density at radius 2 is 1.81 bits per heavy atom. The minimum absolute atomic E-state index is 0.276. The number of nitrogens with zero attached hydrogens (tertiary/aromatic N) is 4. The van der Waals surface area contributed by atoms with Crippen molar-refractivity contribution in [3.8, 4) is 11.3 Å². The normalized spacial score (nSPS) is 11.0. The molecule has 27 heavy (non-hydrogen) atoms. The van der Waals surface area contributed by atoms with Gasteiger partial charge in [0.05, 0.1) is 18.5 Å². The van der Waals surface area contributed by atoms with E-state index in [0.29, 0.717) is 23.9 Å². The zero-order chi connectivity index (χ0) is 18.6. The number of halogens is 1. The highest BCUT2D eigenvalue weighted by atomic mass is 32.2. The second-order valence-corrected chi connectivity index (χ2v) is 6.96. The Labute approximate surface area is 160 Å². The largest absolute Gasteiger partial charge is 0.440 e. The third kappa shape index (κ3) is 4.09. The third-order valence-corrected chi connectivity index (χ3v) is 5.04. The molecule has 7 heteroatoms. The van der Waals surface area contributed by atoms with Crippen LogP contribution in [0.3, 0.4) is 0 Å². The lowest BCUT2D eigenvalue weighted by molar-refractivity contribution is 0.529. The Morgan fingerprint density at radius 1 is 1.04 bits per heavy atom. The molecule has 0 saturated carbocycles. The van der Waals surface area contributed by atoms with E-state index in [2.05, 4.69) is 31.9 Å². The minimum Gasteiger partial charge on any atom is -0.440 e. The van der Waals surface area contributed by atoms with E-state index in [1.807, 2.05) is 25.1 Å². The van der Waals surface area contributed by atoms with Crippen molar-refractivity contribution in [3.63, 3.8) is 0 Å². The Hall–Kier alpha value is -2.93. The molecule has 4 rings (SSSR count). The van der Waals surface area contributed by atoms with Crippen LogP contribution in [0.5, 0.6) is 0 Å². The van der Waals surface area contributed by atoms with Gasteiger partial charge >= 0.3 is 0 Å². The Morgan fingerprint density at radius 3 is 2.59 bits per heavy atom. The maximum absolute atomic E-state index is 13.0. The molecule has 0 N–H and O–H groups in total. The van der Waals surface area contributed by atoms with Crippen molar-refractivity contribution in [2.45, 2.75) is 24.4 Å². The lowest BCUT2D eigenvalue weighted by atomic mass is 10.2. The fraction of sp³-hybridized carbons (Fsp3) is 0.150. The van der Waals surface area contributed by atoms with Gasteiger partial charge in [-0.1, -0.05) is 42.1 Å². The number of oxazole rings is 1. The summed E-state index contributed by atoms with van der Waals surface area (Å²) in [5.74, 6) is 2.33. The van der Waals surface area contributed by atoms with Gasteiger partial charge in [0.1, 0.15) is 11.6 Å². The highest BCUT2D eigenvalue weighted by molar-refractivity contribution is 7.98. The van der Waals surface area contributed by atoms with E-state index in [9.17, 15) is 4.39 Å². The summed E-state index contributed by atoms with van der Waals surface area (Å²) < 4.78 is 20.9. The maximum Gasteiger partial charge on any atom is 0.205 e. The second kappa shape index (κ2) is 7.75. The number of hydrogen-bond donors (Lipinski definition) is 0. The topological polar surface area (TPSA) is 56.7 Å². The molecule has 0 aliphatic carbocycles. The quantitative estimate of drug-likeness (QED) is 0.453. The van der Waals surface area contributed by atoms with E-state index in [1.165, 1.54) is 29.5 Å². The molecule has 0 aliphatic heterocycles. The molecule has 2 aromatic carbocycles. The van der Waals surface area contributed by atoms with Gasteiger partial charge in [-0.3, -0.25) is 0 Å². The van der Waals surface area contributed by atoms with Gasteiger partial charge in [-0.05, 0) is 36.8 Å².